The average Bonchev–Trinajstić information content (AvgIpc) is 3.26. The van der Waals surface area contributed by atoms with Crippen LogP contribution in [0.4, 0.5) is 0 Å². The molecule has 0 radical (unpaired) electrons. The van der Waals surface area contributed by atoms with Crippen LogP contribution in [-0.4, -0.2) is 21.6 Å². The lowest BCUT2D eigenvalue weighted by molar-refractivity contribution is 0.330. The van der Waals surface area contributed by atoms with E-state index in [0.717, 1.165) is 25.7 Å². The summed E-state index contributed by atoms with van der Waals surface area (Å²) in [6, 6.07) is 11.0. The summed E-state index contributed by atoms with van der Waals surface area (Å²) in [5, 5.41) is 2.06. The molecule has 6 heteroatoms. The van der Waals surface area contributed by atoms with Gasteiger partial charge in [-0.3, -0.25) is 0 Å². The van der Waals surface area contributed by atoms with Crippen LogP contribution in [0.5, 0.6) is 5.75 Å². The largest absolute Gasteiger partial charge is 0.492 e. The van der Waals surface area contributed by atoms with Crippen molar-refractivity contribution < 1.29 is 13.2 Å². The van der Waals surface area contributed by atoms with Gasteiger partial charge in [-0.25, -0.2) is 13.1 Å². The van der Waals surface area contributed by atoms with Crippen molar-refractivity contribution in [3.8, 4) is 5.75 Å². The lowest BCUT2D eigenvalue weighted by atomic mass is 9.85. The van der Waals surface area contributed by atoms with Gasteiger partial charge in [0.25, 0.3) is 0 Å². The van der Waals surface area contributed by atoms with E-state index in [9.17, 15) is 8.42 Å². The van der Waals surface area contributed by atoms with Crippen LogP contribution in [0.3, 0.4) is 0 Å². The summed E-state index contributed by atoms with van der Waals surface area (Å²) >= 11 is 1.72. The minimum atomic E-state index is -3.60. The first kappa shape index (κ1) is 17.5. The van der Waals surface area contributed by atoms with Crippen LogP contribution in [0.25, 0.3) is 0 Å². The molecule has 1 fully saturated rings. The number of rotatable bonds is 7. The van der Waals surface area contributed by atoms with Gasteiger partial charge in [-0.05, 0) is 43.3 Å². The van der Waals surface area contributed by atoms with Crippen molar-refractivity contribution in [3.05, 3.63) is 46.7 Å². The first-order valence-corrected chi connectivity index (χ1v) is 10.7. The lowest BCUT2D eigenvalue weighted by Gasteiger charge is -2.28. The molecule has 4 nitrogen and oxygen atoms in total. The van der Waals surface area contributed by atoms with Crippen LogP contribution in [0, 0.1) is 0 Å². The SMILES string of the molecule is CCOc1ccccc1S(=O)(=O)NCC1(c2cccs2)CCCC1. The molecule has 130 valence electrons. The van der Waals surface area contributed by atoms with Crippen molar-refractivity contribution in [2.75, 3.05) is 13.2 Å². The third kappa shape index (κ3) is 3.50. The Bertz CT molecular complexity index is 763. The summed E-state index contributed by atoms with van der Waals surface area (Å²) in [6.07, 6.45) is 4.36. The smallest absolute Gasteiger partial charge is 0.244 e. The Kier molecular flexibility index (Phi) is 5.27. The van der Waals surface area contributed by atoms with Gasteiger partial charge in [0, 0.05) is 16.8 Å². The maximum atomic E-state index is 12.8. The highest BCUT2D eigenvalue weighted by molar-refractivity contribution is 7.89. The first-order chi connectivity index (χ1) is 11.6. The first-order valence-electron chi connectivity index (χ1n) is 8.33. The fourth-order valence-electron chi connectivity index (χ4n) is 3.40. The molecule has 1 aromatic heterocycles. The third-order valence-electron chi connectivity index (χ3n) is 4.64. The van der Waals surface area contributed by atoms with Crippen LogP contribution >= 0.6 is 11.3 Å². The highest BCUT2D eigenvalue weighted by atomic mass is 32.2. The molecule has 2 aromatic rings. The number of sulfonamides is 1. The molecular formula is C18H23NO3S2. The minimum absolute atomic E-state index is 0.0677. The molecule has 3 rings (SSSR count). The van der Waals surface area contributed by atoms with Gasteiger partial charge in [-0.1, -0.05) is 31.0 Å². The van der Waals surface area contributed by atoms with Gasteiger partial charge in [-0.2, -0.15) is 0 Å². The molecule has 0 amide bonds. The van der Waals surface area contributed by atoms with E-state index in [1.54, 1.807) is 35.6 Å². The van der Waals surface area contributed by atoms with Crippen molar-refractivity contribution in [2.45, 2.75) is 42.9 Å². The second kappa shape index (κ2) is 7.25. The van der Waals surface area contributed by atoms with E-state index in [2.05, 4.69) is 16.2 Å². The highest BCUT2D eigenvalue weighted by Crippen LogP contribution is 2.42. The monoisotopic (exact) mass is 365 g/mol. The number of para-hydroxylation sites is 1. The van der Waals surface area contributed by atoms with Crippen LogP contribution in [-0.2, 0) is 15.4 Å². The average molecular weight is 366 g/mol. The number of nitrogens with one attached hydrogen (secondary N) is 1. The molecule has 0 spiro atoms. The summed E-state index contributed by atoms with van der Waals surface area (Å²) in [4.78, 5) is 1.49. The molecule has 1 aromatic carbocycles. The molecule has 0 atom stereocenters. The Hall–Kier alpha value is -1.37. The summed E-state index contributed by atoms with van der Waals surface area (Å²) in [5.41, 5.74) is -0.0677. The fourth-order valence-corrected chi connectivity index (χ4v) is 5.66. The second-order valence-electron chi connectivity index (χ2n) is 6.17. The van der Waals surface area contributed by atoms with E-state index in [1.165, 1.54) is 4.88 Å². The molecular weight excluding hydrogens is 342 g/mol. The lowest BCUT2D eigenvalue weighted by Crippen LogP contribution is -2.38. The predicted octanol–water partition coefficient (Wildman–Crippen LogP) is 3.94. The molecule has 1 aliphatic rings. The van der Waals surface area contributed by atoms with Gasteiger partial charge in [0.15, 0.2) is 0 Å². The van der Waals surface area contributed by atoms with Gasteiger partial charge in [0.1, 0.15) is 10.6 Å². The van der Waals surface area contributed by atoms with Crippen LogP contribution in [0.1, 0.15) is 37.5 Å². The van der Waals surface area contributed by atoms with Crippen molar-refractivity contribution in [2.24, 2.45) is 0 Å². The fraction of sp³-hybridized carbons (Fsp3) is 0.444. The zero-order valence-electron chi connectivity index (χ0n) is 13.8. The minimum Gasteiger partial charge on any atom is -0.492 e. The van der Waals surface area contributed by atoms with E-state index in [-0.39, 0.29) is 10.3 Å². The third-order valence-corrected chi connectivity index (χ3v) is 7.20. The Labute approximate surface area is 147 Å². The van der Waals surface area contributed by atoms with Crippen molar-refractivity contribution in [1.82, 2.24) is 4.72 Å². The van der Waals surface area contributed by atoms with Crippen LogP contribution in [0.15, 0.2) is 46.7 Å². The number of hydrogen-bond acceptors (Lipinski definition) is 4. The maximum Gasteiger partial charge on any atom is 0.244 e. The molecule has 0 aliphatic heterocycles. The van der Waals surface area contributed by atoms with Crippen molar-refractivity contribution >= 4 is 21.4 Å². The molecule has 1 saturated carbocycles. The second-order valence-corrected chi connectivity index (χ2v) is 8.85. The Morgan fingerprint density at radius 3 is 2.58 bits per heavy atom. The number of benzene rings is 1. The Balaban J connectivity index is 1.82. The van der Waals surface area contributed by atoms with E-state index >= 15 is 0 Å². The Morgan fingerprint density at radius 2 is 1.92 bits per heavy atom. The number of ether oxygens (including phenoxy) is 1. The topological polar surface area (TPSA) is 55.4 Å². The molecule has 24 heavy (non-hydrogen) atoms. The Morgan fingerprint density at radius 1 is 1.17 bits per heavy atom. The van der Waals surface area contributed by atoms with Gasteiger partial charge in [0.05, 0.1) is 6.61 Å². The van der Waals surface area contributed by atoms with Crippen molar-refractivity contribution in [3.63, 3.8) is 0 Å². The molecule has 1 N–H and O–H groups in total. The van der Waals surface area contributed by atoms with Gasteiger partial charge in [-0.15, -0.1) is 11.3 Å². The summed E-state index contributed by atoms with van der Waals surface area (Å²) in [6.45, 7) is 2.73. The normalized spacial score (nSPS) is 17.0. The summed E-state index contributed by atoms with van der Waals surface area (Å²) in [5.74, 6) is 0.407. The van der Waals surface area contributed by atoms with E-state index < -0.39 is 10.0 Å². The van der Waals surface area contributed by atoms with Gasteiger partial charge in [0.2, 0.25) is 10.0 Å². The van der Waals surface area contributed by atoms with E-state index in [4.69, 9.17) is 4.74 Å². The quantitative estimate of drug-likeness (QED) is 0.809. The molecule has 1 aliphatic carbocycles. The zero-order chi connectivity index (χ0) is 17.0. The standard InChI is InChI=1S/C18H23NO3S2/c1-2-22-15-8-3-4-9-16(15)24(20,21)19-14-18(11-5-6-12-18)17-10-7-13-23-17/h3-4,7-10,13,19H,2,5-6,11-12,14H2,1H3. The predicted molar refractivity (Wildman–Crippen MR) is 97.3 cm³/mol. The highest BCUT2D eigenvalue weighted by Gasteiger charge is 2.37. The summed E-state index contributed by atoms with van der Waals surface area (Å²) in [7, 11) is -3.60. The molecule has 0 unspecified atom stereocenters. The maximum absolute atomic E-state index is 12.8. The zero-order valence-corrected chi connectivity index (χ0v) is 15.5. The van der Waals surface area contributed by atoms with E-state index in [0.29, 0.717) is 18.9 Å². The van der Waals surface area contributed by atoms with Crippen LogP contribution in [0.2, 0.25) is 0 Å². The number of thiophene rings is 1. The van der Waals surface area contributed by atoms with E-state index in [1.807, 2.05) is 13.0 Å². The van der Waals surface area contributed by atoms with Crippen LogP contribution < -0.4 is 9.46 Å². The molecule has 1 heterocycles. The van der Waals surface area contributed by atoms with Gasteiger partial charge < -0.3 is 4.74 Å². The summed E-state index contributed by atoms with van der Waals surface area (Å²) < 4.78 is 33.9. The molecule has 0 saturated heterocycles. The molecule has 0 bridgehead atoms. The van der Waals surface area contributed by atoms with Crippen molar-refractivity contribution in [1.29, 1.82) is 0 Å². The van der Waals surface area contributed by atoms with Gasteiger partial charge >= 0.3 is 0 Å². The number of hydrogen-bond donors (Lipinski definition) is 1.